The summed E-state index contributed by atoms with van der Waals surface area (Å²) in [6.07, 6.45) is 0. The predicted octanol–water partition coefficient (Wildman–Crippen LogP) is 4.98. The number of fused-ring (bicyclic) bond motifs is 2. The molecule has 36 heavy (non-hydrogen) atoms. The molecule has 0 spiro atoms. The zero-order chi connectivity index (χ0) is 25.6. The molecule has 8 nitrogen and oxygen atoms in total. The van der Waals surface area contributed by atoms with Gasteiger partial charge in [0.05, 0.1) is 23.2 Å². The molecule has 0 aliphatic heterocycles. The second-order valence-corrected chi connectivity index (χ2v) is 8.60. The Hall–Kier alpha value is -4.24. The number of hydrogen-bond acceptors (Lipinski definition) is 6. The Kier molecular flexibility index (Phi) is 5.93. The summed E-state index contributed by atoms with van der Waals surface area (Å²) in [5.74, 6) is -0.0499. The van der Waals surface area contributed by atoms with Gasteiger partial charge in [-0.1, -0.05) is 23.7 Å². The number of anilines is 1. The molecule has 0 fully saturated rings. The number of ether oxygens (including phenoxy) is 1. The van der Waals surface area contributed by atoms with Crippen molar-refractivity contribution in [3.05, 3.63) is 81.7 Å². The molecular weight excluding hydrogens is 487 g/mol. The number of oxazole rings is 1. The van der Waals surface area contributed by atoms with E-state index in [0.29, 0.717) is 45.1 Å². The molecule has 2 heterocycles. The minimum absolute atomic E-state index is 0.236. The minimum Gasteiger partial charge on any atom is -0.495 e. The molecule has 0 aliphatic rings. The fraction of sp³-hybridized carbons (Fsp3) is 0.154. The third-order valence-electron chi connectivity index (χ3n) is 5.86. The number of benzene rings is 3. The molecule has 0 radical (unpaired) electrons. The van der Waals surface area contributed by atoms with Gasteiger partial charge in [0, 0.05) is 36.7 Å². The average molecular weight is 507 g/mol. The van der Waals surface area contributed by atoms with Crippen molar-refractivity contribution in [1.29, 1.82) is 0 Å². The first kappa shape index (κ1) is 23.5. The van der Waals surface area contributed by atoms with E-state index in [1.807, 2.05) is 0 Å². The van der Waals surface area contributed by atoms with Gasteiger partial charge in [0.1, 0.15) is 23.6 Å². The first-order chi connectivity index (χ1) is 17.2. The standard InChI is InChI=1S/C26H20ClFN4O4/c1-14-29-21-8-7-17(10-23(21)36-14)31(2)24(33)13-32-26(34)19-12-22(35-3)20(27)11-18(19)25(30-32)15-5-4-6-16(28)9-15/h4-12H,13H2,1-3H3. The summed E-state index contributed by atoms with van der Waals surface area (Å²) >= 11 is 6.31. The first-order valence-corrected chi connectivity index (χ1v) is 11.3. The number of carbonyl (C=O) groups is 1. The van der Waals surface area contributed by atoms with Crippen LogP contribution in [0.4, 0.5) is 10.1 Å². The Labute approximate surface area is 209 Å². The van der Waals surface area contributed by atoms with Crippen LogP contribution in [0.2, 0.25) is 5.02 Å². The number of aromatic nitrogens is 3. The normalized spacial score (nSPS) is 11.2. The van der Waals surface area contributed by atoms with Crippen molar-refractivity contribution in [1.82, 2.24) is 14.8 Å². The number of halogens is 2. The summed E-state index contributed by atoms with van der Waals surface area (Å²) in [5, 5.41) is 5.37. The van der Waals surface area contributed by atoms with Crippen molar-refractivity contribution < 1.29 is 18.3 Å². The number of methoxy groups -OCH3 is 1. The highest BCUT2D eigenvalue weighted by atomic mass is 35.5. The number of aryl methyl sites for hydroxylation is 1. The third kappa shape index (κ3) is 4.18. The van der Waals surface area contributed by atoms with Crippen LogP contribution in [-0.2, 0) is 11.3 Å². The van der Waals surface area contributed by atoms with E-state index in [1.165, 1.54) is 30.2 Å². The lowest BCUT2D eigenvalue weighted by molar-refractivity contribution is -0.119. The quantitative estimate of drug-likeness (QED) is 0.334. The SMILES string of the molecule is COc1cc2c(=O)n(CC(=O)N(C)c3ccc4nc(C)oc4c3)nc(-c3cccc(F)c3)c2cc1Cl. The lowest BCUT2D eigenvalue weighted by atomic mass is 10.0. The van der Waals surface area contributed by atoms with Crippen molar-refractivity contribution in [2.45, 2.75) is 13.5 Å². The number of likely N-dealkylation sites (N-methyl/N-ethyl adjacent to an activating group) is 1. The lowest BCUT2D eigenvalue weighted by Gasteiger charge is -2.18. The molecule has 0 atom stereocenters. The summed E-state index contributed by atoms with van der Waals surface area (Å²) < 4.78 is 25.9. The zero-order valence-corrected chi connectivity index (χ0v) is 20.3. The number of hydrogen-bond donors (Lipinski definition) is 0. The molecule has 5 rings (SSSR count). The maximum Gasteiger partial charge on any atom is 0.275 e. The van der Waals surface area contributed by atoms with Crippen molar-refractivity contribution in [2.24, 2.45) is 0 Å². The molecule has 0 unspecified atom stereocenters. The Balaban J connectivity index is 1.59. The van der Waals surface area contributed by atoms with Gasteiger partial charge in [0.2, 0.25) is 5.91 Å². The van der Waals surface area contributed by atoms with Crippen LogP contribution in [0.25, 0.3) is 33.1 Å². The van der Waals surface area contributed by atoms with E-state index in [2.05, 4.69) is 10.1 Å². The molecule has 0 bridgehead atoms. The van der Waals surface area contributed by atoms with Crippen molar-refractivity contribution in [3.63, 3.8) is 0 Å². The number of rotatable bonds is 5. The average Bonchev–Trinajstić information content (AvgIpc) is 3.24. The van der Waals surface area contributed by atoms with Gasteiger partial charge in [-0.2, -0.15) is 5.10 Å². The molecule has 3 aromatic carbocycles. The van der Waals surface area contributed by atoms with Gasteiger partial charge < -0.3 is 14.1 Å². The van der Waals surface area contributed by atoms with Gasteiger partial charge in [-0.15, -0.1) is 0 Å². The van der Waals surface area contributed by atoms with Gasteiger partial charge in [0.25, 0.3) is 5.56 Å². The van der Waals surface area contributed by atoms with E-state index < -0.39 is 17.3 Å². The summed E-state index contributed by atoms with van der Waals surface area (Å²) in [7, 11) is 3.03. The summed E-state index contributed by atoms with van der Waals surface area (Å²) in [5.41, 5.74) is 2.02. The maximum atomic E-state index is 14.0. The Morgan fingerprint density at radius 2 is 1.97 bits per heavy atom. The van der Waals surface area contributed by atoms with Gasteiger partial charge in [-0.05, 0) is 36.4 Å². The van der Waals surface area contributed by atoms with E-state index >= 15 is 0 Å². The van der Waals surface area contributed by atoms with E-state index in [1.54, 1.807) is 50.4 Å². The Morgan fingerprint density at radius 3 is 2.72 bits per heavy atom. The number of nitrogens with zero attached hydrogens (tertiary/aromatic N) is 4. The largest absolute Gasteiger partial charge is 0.495 e. The molecule has 0 saturated carbocycles. The van der Waals surface area contributed by atoms with Crippen molar-refractivity contribution in [3.8, 4) is 17.0 Å². The minimum atomic E-state index is -0.511. The molecule has 2 aromatic heterocycles. The second-order valence-electron chi connectivity index (χ2n) is 8.19. The maximum absolute atomic E-state index is 14.0. The predicted molar refractivity (Wildman–Crippen MR) is 135 cm³/mol. The smallest absolute Gasteiger partial charge is 0.275 e. The first-order valence-electron chi connectivity index (χ1n) is 10.9. The zero-order valence-electron chi connectivity index (χ0n) is 19.6. The van der Waals surface area contributed by atoms with Gasteiger partial charge >= 0.3 is 0 Å². The second kappa shape index (κ2) is 9.09. The van der Waals surface area contributed by atoms with Crippen LogP contribution in [0.3, 0.4) is 0 Å². The van der Waals surface area contributed by atoms with Gasteiger partial charge in [-0.25, -0.2) is 14.1 Å². The number of amides is 1. The van der Waals surface area contributed by atoms with Crippen LogP contribution in [0.1, 0.15) is 5.89 Å². The van der Waals surface area contributed by atoms with Crippen molar-refractivity contribution >= 4 is 45.1 Å². The third-order valence-corrected chi connectivity index (χ3v) is 6.15. The fourth-order valence-corrected chi connectivity index (χ4v) is 4.25. The highest BCUT2D eigenvalue weighted by Crippen LogP contribution is 2.33. The molecule has 0 saturated heterocycles. The van der Waals surface area contributed by atoms with E-state index in [4.69, 9.17) is 20.8 Å². The van der Waals surface area contributed by atoms with Crippen molar-refractivity contribution in [2.75, 3.05) is 19.1 Å². The highest BCUT2D eigenvalue weighted by Gasteiger charge is 2.20. The van der Waals surface area contributed by atoms with Crippen LogP contribution in [0, 0.1) is 12.7 Å². The van der Waals surface area contributed by atoms with E-state index in [-0.39, 0.29) is 17.0 Å². The van der Waals surface area contributed by atoms with Crippen LogP contribution in [0.5, 0.6) is 5.75 Å². The van der Waals surface area contributed by atoms with Crippen LogP contribution < -0.4 is 15.2 Å². The lowest BCUT2D eigenvalue weighted by Crippen LogP contribution is -2.35. The summed E-state index contributed by atoms with van der Waals surface area (Å²) in [4.78, 5) is 32.2. The molecule has 1 amide bonds. The molecule has 0 N–H and O–H groups in total. The van der Waals surface area contributed by atoms with E-state index in [9.17, 15) is 14.0 Å². The topological polar surface area (TPSA) is 90.5 Å². The Morgan fingerprint density at radius 1 is 1.17 bits per heavy atom. The molecule has 0 aliphatic carbocycles. The molecule has 5 aromatic rings. The van der Waals surface area contributed by atoms with Gasteiger partial charge in [-0.3, -0.25) is 9.59 Å². The summed E-state index contributed by atoms with van der Waals surface area (Å²) in [6.45, 7) is 1.39. The number of carbonyl (C=O) groups excluding carboxylic acids is 1. The Bertz CT molecular complexity index is 1710. The molecular formula is C26H20ClFN4O4. The summed E-state index contributed by atoms with van der Waals surface area (Å²) in [6, 6.07) is 14.1. The molecule has 182 valence electrons. The van der Waals surface area contributed by atoms with Crippen LogP contribution >= 0.6 is 11.6 Å². The highest BCUT2D eigenvalue weighted by molar-refractivity contribution is 6.33. The molecule has 10 heteroatoms. The van der Waals surface area contributed by atoms with Crippen LogP contribution in [-0.4, -0.2) is 34.8 Å². The monoisotopic (exact) mass is 506 g/mol. The van der Waals surface area contributed by atoms with Crippen LogP contribution in [0.15, 0.2) is 63.8 Å². The van der Waals surface area contributed by atoms with Gasteiger partial charge in [0.15, 0.2) is 11.5 Å². The van der Waals surface area contributed by atoms with E-state index in [0.717, 1.165) is 4.68 Å². The fourth-order valence-electron chi connectivity index (χ4n) is 4.01.